The quantitative estimate of drug-likeness (QED) is 0.521. The molecule has 152 valence electrons. The second-order valence-electron chi connectivity index (χ2n) is 6.67. The second kappa shape index (κ2) is 10.1. The van der Waals surface area contributed by atoms with Crippen molar-refractivity contribution in [3.05, 3.63) is 66.0 Å². The van der Waals surface area contributed by atoms with Crippen molar-refractivity contribution in [2.75, 3.05) is 11.1 Å². The van der Waals surface area contributed by atoms with E-state index in [2.05, 4.69) is 34.6 Å². The molecule has 0 aliphatic carbocycles. The summed E-state index contributed by atoms with van der Waals surface area (Å²) in [5.74, 6) is 2.17. The highest BCUT2D eigenvalue weighted by Gasteiger charge is 2.17. The first kappa shape index (κ1) is 20.9. The zero-order valence-corrected chi connectivity index (χ0v) is 17.8. The van der Waals surface area contributed by atoms with Gasteiger partial charge >= 0.3 is 0 Å². The molecule has 0 bridgehead atoms. The Kier molecular flexibility index (Phi) is 7.30. The van der Waals surface area contributed by atoms with E-state index in [-0.39, 0.29) is 12.0 Å². The molecule has 0 saturated heterocycles. The molecule has 2 aromatic carbocycles. The number of carbonyl (C=O) groups is 1. The predicted octanol–water partition coefficient (Wildman–Crippen LogP) is 4.64. The summed E-state index contributed by atoms with van der Waals surface area (Å²) in [5, 5.41) is 12.2. The van der Waals surface area contributed by atoms with Crippen LogP contribution in [0.1, 0.15) is 37.8 Å². The van der Waals surface area contributed by atoms with Crippen LogP contribution in [-0.2, 0) is 18.3 Å². The van der Waals surface area contributed by atoms with Gasteiger partial charge in [0.15, 0.2) is 17.1 Å². The predicted molar refractivity (Wildman–Crippen MR) is 116 cm³/mol. The highest BCUT2D eigenvalue weighted by Crippen LogP contribution is 2.24. The number of benzene rings is 2. The third kappa shape index (κ3) is 5.84. The number of para-hydroxylation sites is 1. The number of thioether (sulfide) groups is 1. The number of hydrogen-bond acceptors (Lipinski definition) is 5. The largest absolute Gasteiger partial charge is 0.483 e. The normalized spacial score (nSPS) is 11.8. The van der Waals surface area contributed by atoms with Crippen LogP contribution in [0.4, 0.5) is 5.69 Å². The standard InChI is InChI=1S/C22H26N4O2S/c1-4-17-10-12-19(13-11-17)28-16(2)21-24-25-22(26(21)3)29-15-14-20(27)23-18-8-6-5-7-9-18/h5-13,16H,4,14-15H2,1-3H3,(H,23,27). The first-order valence-corrected chi connectivity index (χ1v) is 10.7. The summed E-state index contributed by atoms with van der Waals surface area (Å²) in [4.78, 5) is 12.1. The molecule has 3 aromatic rings. The SMILES string of the molecule is CCc1ccc(OC(C)c2nnc(SCCC(=O)Nc3ccccc3)n2C)cc1. The van der Waals surface area contributed by atoms with Gasteiger partial charge in [-0.05, 0) is 43.2 Å². The summed E-state index contributed by atoms with van der Waals surface area (Å²) in [6.45, 7) is 4.09. The lowest BCUT2D eigenvalue weighted by atomic mass is 10.2. The average Bonchev–Trinajstić information content (AvgIpc) is 3.10. The Morgan fingerprint density at radius 3 is 2.55 bits per heavy atom. The van der Waals surface area contributed by atoms with E-state index in [9.17, 15) is 4.79 Å². The third-order valence-corrected chi connectivity index (χ3v) is 5.52. The number of aryl methyl sites for hydroxylation is 1. The number of nitrogens with zero attached hydrogens (tertiary/aromatic N) is 3. The van der Waals surface area contributed by atoms with E-state index in [4.69, 9.17) is 4.74 Å². The molecule has 0 aliphatic rings. The van der Waals surface area contributed by atoms with Gasteiger partial charge in [0.05, 0.1) is 0 Å². The van der Waals surface area contributed by atoms with E-state index in [1.54, 1.807) is 0 Å². The Morgan fingerprint density at radius 1 is 1.14 bits per heavy atom. The molecule has 1 heterocycles. The molecule has 0 saturated carbocycles. The van der Waals surface area contributed by atoms with Crippen molar-refractivity contribution < 1.29 is 9.53 Å². The van der Waals surface area contributed by atoms with Gasteiger partial charge in [-0.25, -0.2) is 0 Å². The van der Waals surface area contributed by atoms with Crippen molar-refractivity contribution in [2.24, 2.45) is 7.05 Å². The number of hydrogen-bond donors (Lipinski definition) is 1. The summed E-state index contributed by atoms with van der Waals surface area (Å²) in [6.07, 6.45) is 1.18. The van der Waals surface area contributed by atoms with Gasteiger partial charge < -0.3 is 14.6 Å². The highest BCUT2D eigenvalue weighted by molar-refractivity contribution is 7.99. The molecule has 1 unspecified atom stereocenters. The Balaban J connectivity index is 1.51. The maximum absolute atomic E-state index is 12.1. The van der Waals surface area contributed by atoms with Crippen LogP contribution in [0.25, 0.3) is 0 Å². The first-order valence-electron chi connectivity index (χ1n) is 9.69. The van der Waals surface area contributed by atoms with Gasteiger partial charge in [0.2, 0.25) is 5.91 Å². The molecule has 7 heteroatoms. The second-order valence-corrected chi connectivity index (χ2v) is 7.73. The third-order valence-electron chi connectivity index (χ3n) is 4.49. The van der Waals surface area contributed by atoms with E-state index in [1.807, 2.05) is 61.0 Å². The van der Waals surface area contributed by atoms with Gasteiger partial charge in [0, 0.05) is 24.9 Å². The fraction of sp³-hybridized carbons (Fsp3) is 0.318. The van der Waals surface area contributed by atoms with E-state index in [0.717, 1.165) is 28.8 Å². The highest BCUT2D eigenvalue weighted by atomic mass is 32.2. The molecule has 1 atom stereocenters. The molecule has 1 amide bonds. The molecule has 1 aromatic heterocycles. The van der Waals surface area contributed by atoms with Crippen LogP contribution in [0.3, 0.4) is 0 Å². The number of carbonyl (C=O) groups excluding carboxylic acids is 1. The topological polar surface area (TPSA) is 69.0 Å². The van der Waals surface area contributed by atoms with Crippen molar-refractivity contribution in [1.29, 1.82) is 0 Å². The molecule has 0 aliphatic heterocycles. The summed E-state index contributed by atoms with van der Waals surface area (Å²) in [7, 11) is 1.92. The van der Waals surface area contributed by atoms with Gasteiger partial charge in [-0.1, -0.05) is 49.0 Å². The summed E-state index contributed by atoms with van der Waals surface area (Å²) >= 11 is 1.51. The van der Waals surface area contributed by atoms with E-state index >= 15 is 0 Å². The average molecular weight is 411 g/mol. The van der Waals surface area contributed by atoms with Gasteiger partial charge in [0.1, 0.15) is 5.75 Å². The lowest BCUT2D eigenvalue weighted by Gasteiger charge is -2.14. The molecule has 3 rings (SSSR count). The van der Waals surface area contributed by atoms with E-state index < -0.39 is 0 Å². The number of nitrogens with one attached hydrogen (secondary N) is 1. The number of aromatic nitrogens is 3. The zero-order valence-electron chi connectivity index (χ0n) is 17.0. The Bertz CT molecular complexity index is 926. The van der Waals surface area contributed by atoms with Crippen molar-refractivity contribution in [1.82, 2.24) is 14.8 Å². The van der Waals surface area contributed by atoms with Gasteiger partial charge in [-0.3, -0.25) is 4.79 Å². The van der Waals surface area contributed by atoms with Crippen molar-refractivity contribution in [3.8, 4) is 5.75 Å². The van der Waals surface area contributed by atoms with Crippen LogP contribution in [0.15, 0.2) is 59.8 Å². The van der Waals surface area contributed by atoms with Crippen LogP contribution in [0.2, 0.25) is 0 Å². The molecular weight excluding hydrogens is 384 g/mol. The zero-order chi connectivity index (χ0) is 20.6. The molecule has 6 nitrogen and oxygen atoms in total. The number of amides is 1. The number of ether oxygens (including phenoxy) is 1. The van der Waals surface area contributed by atoms with Gasteiger partial charge in [0.25, 0.3) is 0 Å². The van der Waals surface area contributed by atoms with E-state index in [1.165, 1.54) is 17.3 Å². The fourth-order valence-corrected chi connectivity index (χ4v) is 3.70. The molecule has 1 N–H and O–H groups in total. The van der Waals surface area contributed by atoms with Crippen molar-refractivity contribution >= 4 is 23.4 Å². The summed E-state index contributed by atoms with van der Waals surface area (Å²) in [5.41, 5.74) is 2.08. The number of rotatable bonds is 9. The van der Waals surface area contributed by atoms with Crippen LogP contribution in [0.5, 0.6) is 5.75 Å². The Labute approximate surface area is 175 Å². The van der Waals surface area contributed by atoms with Crippen molar-refractivity contribution in [2.45, 2.75) is 37.9 Å². The van der Waals surface area contributed by atoms with Crippen LogP contribution in [0, 0.1) is 0 Å². The lowest BCUT2D eigenvalue weighted by molar-refractivity contribution is -0.115. The Morgan fingerprint density at radius 2 is 1.86 bits per heavy atom. The maximum Gasteiger partial charge on any atom is 0.225 e. The minimum absolute atomic E-state index is 0.0154. The van der Waals surface area contributed by atoms with Crippen LogP contribution in [-0.4, -0.2) is 26.4 Å². The minimum Gasteiger partial charge on any atom is -0.483 e. The van der Waals surface area contributed by atoms with E-state index in [0.29, 0.717) is 12.2 Å². The summed E-state index contributed by atoms with van der Waals surface area (Å²) < 4.78 is 7.93. The van der Waals surface area contributed by atoms with Gasteiger partial charge in [-0.15, -0.1) is 10.2 Å². The maximum atomic E-state index is 12.1. The lowest BCUT2D eigenvalue weighted by Crippen LogP contribution is -2.12. The molecule has 29 heavy (non-hydrogen) atoms. The molecule has 0 fully saturated rings. The van der Waals surface area contributed by atoms with Crippen LogP contribution >= 0.6 is 11.8 Å². The van der Waals surface area contributed by atoms with Crippen molar-refractivity contribution in [3.63, 3.8) is 0 Å². The molecular formula is C22H26N4O2S. The molecule has 0 radical (unpaired) electrons. The number of anilines is 1. The fourth-order valence-electron chi connectivity index (χ4n) is 2.85. The first-order chi connectivity index (χ1) is 14.1. The minimum atomic E-state index is -0.226. The van der Waals surface area contributed by atoms with Gasteiger partial charge in [-0.2, -0.15) is 0 Å². The Hall–Kier alpha value is -2.80. The molecule has 0 spiro atoms. The smallest absolute Gasteiger partial charge is 0.225 e. The summed E-state index contributed by atoms with van der Waals surface area (Å²) in [6, 6.07) is 17.6. The monoisotopic (exact) mass is 410 g/mol. The van der Waals surface area contributed by atoms with Crippen LogP contribution < -0.4 is 10.1 Å².